The van der Waals surface area contributed by atoms with Crippen molar-refractivity contribution in [2.75, 3.05) is 6.54 Å². The summed E-state index contributed by atoms with van der Waals surface area (Å²) in [7, 11) is 0. The fourth-order valence-corrected chi connectivity index (χ4v) is 4.38. The van der Waals surface area contributed by atoms with Gasteiger partial charge in [-0.1, -0.05) is 6.92 Å². The van der Waals surface area contributed by atoms with Gasteiger partial charge in [0.2, 0.25) is 0 Å². The van der Waals surface area contributed by atoms with Crippen molar-refractivity contribution in [1.82, 2.24) is 45.6 Å². The van der Waals surface area contributed by atoms with Crippen molar-refractivity contribution in [2.45, 2.75) is 20.4 Å². The van der Waals surface area contributed by atoms with Gasteiger partial charge < -0.3 is 10.3 Å². The fourth-order valence-electron chi connectivity index (χ4n) is 4.38. The van der Waals surface area contributed by atoms with Crippen molar-refractivity contribution in [2.24, 2.45) is 0 Å². The van der Waals surface area contributed by atoms with Crippen LogP contribution < -0.4 is 16.4 Å². The number of aromatic nitrogens is 8. The lowest BCUT2D eigenvalue weighted by atomic mass is 9.99. The lowest BCUT2D eigenvalue weighted by Crippen LogP contribution is -2.19. The maximum atomic E-state index is 12.5. The Balaban J connectivity index is 1.51. The van der Waals surface area contributed by atoms with E-state index >= 15 is 0 Å². The topological polar surface area (TPSA) is 161 Å². The average molecular weight is 467 g/mol. The second kappa shape index (κ2) is 7.99. The number of nitrogens with zero attached hydrogens (tertiary/aromatic N) is 4. The molecule has 0 bridgehead atoms. The van der Waals surface area contributed by atoms with Gasteiger partial charge in [-0.3, -0.25) is 29.9 Å². The molecule has 0 unspecified atom stereocenters. The van der Waals surface area contributed by atoms with Gasteiger partial charge in [0.15, 0.2) is 11.5 Å². The molecule has 0 aliphatic rings. The summed E-state index contributed by atoms with van der Waals surface area (Å²) in [5, 5.41) is 16.7. The molecule has 6 aromatic rings. The molecule has 11 heteroatoms. The number of nitrogens with one attached hydrogen (secondary N) is 5. The molecule has 0 atom stereocenters. The molecule has 5 heterocycles. The number of H-pyrrole nitrogens is 4. The van der Waals surface area contributed by atoms with Gasteiger partial charge in [-0.25, -0.2) is 9.97 Å². The smallest absolute Gasteiger partial charge is 0.272 e. The second-order valence-electron chi connectivity index (χ2n) is 8.32. The monoisotopic (exact) mass is 467 g/mol. The Bertz CT molecular complexity index is 1860. The highest BCUT2D eigenvalue weighted by Crippen LogP contribution is 2.31. The Morgan fingerprint density at radius 3 is 2.74 bits per heavy atom. The van der Waals surface area contributed by atoms with Crippen molar-refractivity contribution >= 4 is 32.8 Å². The molecule has 0 spiro atoms. The van der Waals surface area contributed by atoms with Crippen LogP contribution in [0.15, 0.2) is 46.4 Å². The van der Waals surface area contributed by atoms with Gasteiger partial charge in [-0.15, -0.1) is 0 Å². The molecule has 5 N–H and O–H groups in total. The van der Waals surface area contributed by atoms with Crippen LogP contribution in [0.1, 0.15) is 18.1 Å². The number of hydrogen-bond acceptors (Lipinski definition) is 7. The first kappa shape index (κ1) is 20.9. The van der Waals surface area contributed by atoms with Gasteiger partial charge in [0.05, 0.1) is 21.7 Å². The molecule has 0 saturated heterocycles. The molecule has 174 valence electrons. The number of benzene rings is 1. The van der Waals surface area contributed by atoms with E-state index in [2.05, 4.69) is 59.5 Å². The SMILES string of the molecule is CCNCc1cncc(-c2cnc3n[nH]c(-c4nc5c(ccc6c(=O)[nH][nH]c(=O)c65)[nH]4)c3c2)c1C. The van der Waals surface area contributed by atoms with E-state index < -0.39 is 5.56 Å². The molecule has 0 radical (unpaired) electrons. The van der Waals surface area contributed by atoms with Crippen molar-refractivity contribution in [3.05, 3.63) is 68.6 Å². The summed E-state index contributed by atoms with van der Waals surface area (Å²) in [6.45, 7) is 5.76. The first-order chi connectivity index (χ1) is 17.0. The molecule has 0 aliphatic heterocycles. The standard InChI is InChI=1S/C24H21N9O2/c1-3-25-7-13-8-26-10-16(11(13)2)12-6-15-19(30-31-21(15)27-9-12)22-28-17-5-4-14-18(20(17)29-22)24(35)33-32-23(14)34/h4-6,8-10,25H,3,7H2,1-2H3,(H,28,29)(H,32,34)(H,33,35)(H,27,30,31). The Hall–Kier alpha value is -4.64. The van der Waals surface area contributed by atoms with E-state index in [1.54, 1.807) is 18.3 Å². The number of hydrogen-bond donors (Lipinski definition) is 5. The highest BCUT2D eigenvalue weighted by Gasteiger charge is 2.17. The summed E-state index contributed by atoms with van der Waals surface area (Å²) in [6, 6.07) is 5.34. The number of pyridine rings is 2. The van der Waals surface area contributed by atoms with Crippen LogP contribution in [0.2, 0.25) is 0 Å². The molecule has 0 aliphatic carbocycles. The summed E-state index contributed by atoms with van der Waals surface area (Å²) in [6.07, 6.45) is 5.50. The zero-order valence-electron chi connectivity index (χ0n) is 19.0. The van der Waals surface area contributed by atoms with E-state index in [0.29, 0.717) is 28.2 Å². The molecule has 5 aromatic heterocycles. The Kier molecular flexibility index (Phi) is 4.78. The highest BCUT2D eigenvalue weighted by atomic mass is 16.1. The Morgan fingerprint density at radius 2 is 1.89 bits per heavy atom. The molecule has 0 saturated carbocycles. The van der Waals surface area contributed by atoms with Crippen LogP contribution >= 0.6 is 0 Å². The number of fused-ring (bicyclic) bond motifs is 4. The van der Waals surface area contributed by atoms with Crippen molar-refractivity contribution in [1.29, 1.82) is 0 Å². The molecular weight excluding hydrogens is 446 g/mol. The van der Waals surface area contributed by atoms with E-state index in [-0.39, 0.29) is 16.3 Å². The van der Waals surface area contributed by atoms with Crippen LogP contribution in [0.3, 0.4) is 0 Å². The maximum Gasteiger partial charge on any atom is 0.272 e. The van der Waals surface area contributed by atoms with Crippen LogP contribution in [-0.2, 0) is 6.54 Å². The summed E-state index contributed by atoms with van der Waals surface area (Å²) < 4.78 is 0. The Morgan fingerprint density at radius 1 is 1.03 bits per heavy atom. The minimum Gasteiger partial charge on any atom is -0.337 e. The van der Waals surface area contributed by atoms with E-state index in [9.17, 15) is 9.59 Å². The van der Waals surface area contributed by atoms with E-state index in [4.69, 9.17) is 0 Å². The maximum absolute atomic E-state index is 12.5. The fraction of sp³-hybridized carbons (Fsp3) is 0.167. The van der Waals surface area contributed by atoms with Crippen LogP contribution in [-0.4, -0.2) is 46.9 Å². The molecular formula is C24H21N9O2. The predicted molar refractivity (Wildman–Crippen MR) is 133 cm³/mol. The van der Waals surface area contributed by atoms with Gasteiger partial charge in [0.1, 0.15) is 11.2 Å². The van der Waals surface area contributed by atoms with Gasteiger partial charge in [0, 0.05) is 36.3 Å². The lowest BCUT2D eigenvalue weighted by molar-refractivity contribution is 0.721. The van der Waals surface area contributed by atoms with E-state index in [0.717, 1.165) is 40.7 Å². The van der Waals surface area contributed by atoms with E-state index in [1.165, 1.54) is 0 Å². The Labute approximate surface area is 197 Å². The first-order valence-corrected chi connectivity index (χ1v) is 11.2. The van der Waals surface area contributed by atoms with Crippen LogP contribution in [0.4, 0.5) is 0 Å². The van der Waals surface area contributed by atoms with Crippen molar-refractivity contribution < 1.29 is 0 Å². The molecule has 6 rings (SSSR count). The summed E-state index contributed by atoms with van der Waals surface area (Å²) in [5.41, 5.74) is 5.57. The van der Waals surface area contributed by atoms with Crippen LogP contribution in [0.25, 0.3) is 55.5 Å². The third-order valence-corrected chi connectivity index (χ3v) is 6.26. The van der Waals surface area contributed by atoms with Crippen LogP contribution in [0.5, 0.6) is 0 Å². The zero-order chi connectivity index (χ0) is 24.1. The van der Waals surface area contributed by atoms with Crippen molar-refractivity contribution in [3.63, 3.8) is 0 Å². The van der Waals surface area contributed by atoms with Gasteiger partial charge in [-0.05, 0) is 42.8 Å². The lowest BCUT2D eigenvalue weighted by Gasteiger charge is -2.11. The normalized spacial score (nSPS) is 11.7. The number of rotatable bonds is 5. The van der Waals surface area contributed by atoms with Gasteiger partial charge >= 0.3 is 0 Å². The third-order valence-electron chi connectivity index (χ3n) is 6.26. The average Bonchev–Trinajstić information content (AvgIpc) is 3.49. The molecule has 11 nitrogen and oxygen atoms in total. The second-order valence-corrected chi connectivity index (χ2v) is 8.32. The quantitative estimate of drug-likeness (QED) is 0.260. The van der Waals surface area contributed by atoms with Gasteiger partial charge in [-0.2, -0.15) is 5.10 Å². The molecule has 0 fully saturated rings. The first-order valence-electron chi connectivity index (χ1n) is 11.2. The summed E-state index contributed by atoms with van der Waals surface area (Å²) in [4.78, 5) is 41.5. The zero-order valence-corrected chi connectivity index (χ0v) is 19.0. The van der Waals surface area contributed by atoms with E-state index in [1.807, 2.05) is 18.5 Å². The van der Waals surface area contributed by atoms with Crippen LogP contribution in [0, 0.1) is 6.92 Å². The number of aromatic amines is 4. The largest absolute Gasteiger partial charge is 0.337 e. The van der Waals surface area contributed by atoms with Crippen molar-refractivity contribution in [3.8, 4) is 22.6 Å². The molecule has 1 aromatic carbocycles. The molecule has 35 heavy (non-hydrogen) atoms. The summed E-state index contributed by atoms with van der Waals surface area (Å²) in [5.74, 6) is 0.490. The highest BCUT2D eigenvalue weighted by molar-refractivity contribution is 6.04. The molecule has 0 amide bonds. The number of imidazole rings is 1. The minimum absolute atomic E-state index is 0.232. The third kappa shape index (κ3) is 3.32. The minimum atomic E-state index is -0.415. The summed E-state index contributed by atoms with van der Waals surface area (Å²) >= 11 is 0. The van der Waals surface area contributed by atoms with Gasteiger partial charge in [0.25, 0.3) is 11.1 Å². The predicted octanol–water partition coefficient (Wildman–Crippen LogP) is 2.51.